The second kappa shape index (κ2) is 15.2. The topological polar surface area (TPSA) is 86.8 Å². The Labute approximate surface area is 253 Å². The van der Waals surface area contributed by atoms with Crippen molar-refractivity contribution in [1.82, 2.24) is 10.2 Å². The number of rotatable bonds is 14. The van der Waals surface area contributed by atoms with Crippen LogP contribution in [0, 0.1) is 6.92 Å². The monoisotopic (exact) mass is 617 g/mol. The number of carbonyl (C=O) groups excluding carboxylic acids is 2. The van der Waals surface area contributed by atoms with Crippen molar-refractivity contribution in [2.45, 2.75) is 52.1 Å². The zero-order valence-corrected chi connectivity index (χ0v) is 26.0. The number of hydrogen-bond donors (Lipinski definition) is 1. The summed E-state index contributed by atoms with van der Waals surface area (Å²) in [7, 11) is -3.57. The highest BCUT2D eigenvalue weighted by molar-refractivity contribution is 7.92. The van der Waals surface area contributed by atoms with Crippen LogP contribution in [0.15, 0.2) is 72.8 Å². The van der Waals surface area contributed by atoms with Gasteiger partial charge in [-0.1, -0.05) is 84.2 Å². The number of nitrogens with zero attached hydrogens (tertiary/aromatic N) is 2. The third-order valence-corrected chi connectivity index (χ3v) is 8.56. The molecule has 0 fully saturated rings. The van der Waals surface area contributed by atoms with Crippen LogP contribution in [-0.4, -0.2) is 50.5 Å². The highest BCUT2D eigenvalue weighted by Gasteiger charge is 2.30. The molecule has 0 heterocycles. The number of benzene rings is 3. The van der Waals surface area contributed by atoms with Gasteiger partial charge in [0.25, 0.3) is 0 Å². The summed E-state index contributed by atoms with van der Waals surface area (Å²) in [4.78, 5) is 28.9. The lowest BCUT2D eigenvalue weighted by Gasteiger charge is -2.32. The Morgan fingerprint density at radius 3 is 2.22 bits per heavy atom. The van der Waals surface area contributed by atoms with Crippen molar-refractivity contribution in [3.63, 3.8) is 0 Å². The van der Waals surface area contributed by atoms with Gasteiger partial charge in [0.1, 0.15) is 6.04 Å². The molecule has 0 aliphatic heterocycles. The lowest BCUT2D eigenvalue weighted by atomic mass is 10.0. The van der Waals surface area contributed by atoms with Crippen molar-refractivity contribution in [2.24, 2.45) is 0 Å². The van der Waals surface area contributed by atoms with Crippen molar-refractivity contribution in [3.05, 3.63) is 99.5 Å². The molecule has 220 valence electrons. The number of carbonyl (C=O) groups is 2. The maximum atomic E-state index is 13.8. The first-order chi connectivity index (χ1) is 19.5. The highest BCUT2D eigenvalue weighted by Crippen LogP contribution is 2.25. The number of sulfonamides is 1. The predicted molar refractivity (Wildman–Crippen MR) is 167 cm³/mol. The second-order valence-electron chi connectivity index (χ2n) is 10.0. The Morgan fingerprint density at radius 2 is 1.61 bits per heavy atom. The van der Waals surface area contributed by atoms with E-state index in [2.05, 4.69) is 5.32 Å². The Bertz CT molecular complexity index is 1420. The SMILES string of the molecule is CCCNC(=O)C(Cc1ccccc1)N(Cc1ccc(Cl)c(Cl)c1)C(=O)CCCN(c1ccc(C)cc1)S(C)(=O)=O. The van der Waals surface area contributed by atoms with Gasteiger partial charge in [-0.15, -0.1) is 0 Å². The first kappa shape index (κ1) is 32.4. The molecule has 2 amide bonds. The molecule has 0 saturated heterocycles. The summed E-state index contributed by atoms with van der Waals surface area (Å²) in [6, 6.07) is 21.1. The van der Waals surface area contributed by atoms with E-state index in [1.807, 2.05) is 56.3 Å². The average Bonchev–Trinajstić information content (AvgIpc) is 2.94. The average molecular weight is 619 g/mol. The molecule has 3 aromatic carbocycles. The minimum atomic E-state index is -3.57. The van der Waals surface area contributed by atoms with Gasteiger partial charge in [0, 0.05) is 32.5 Å². The summed E-state index contributed by atoms with van der Waals surface area (Å²) < 4.78 is 26.5. The normalized spacial score (nSPS) is 12.0. The molecule has 10 heteroatoms. The number of hydrogen-bond acceptors (Lipinski definition) is 4. The van der Waals surface area contributed by atoms with E-state index in [0.717, 1.165) is 29.4 Å². The van der Waals surface area contributed by atoms with Crippen LogP contribution in [0.1, 0.15) is 42.9 Å². The van der Waals surface area contributed by atoms with Crippen LogP contribution >= 0.6 is 23.2 Å². The molecule has 0 radical (unpaired) electrons. The number of anilines is 1. The predicted octanol–water partition coefficient (Wildman–Crippen LogP) is 6.01. The molecule has 1 atom stereocenters. The number of amides is 2. The zero-order chi connectivity index (χ0) is 30.0. The van der Waals surface area contributed by atoms with Crippen LogP contribution in [0.2, 0.25) is 10.0 Å². The van der Waals surface area contributed by atoms with E-state index in [-0.39, 0.29) is 37.7 Å². The maximum absolute atomic E-state index is 13.8. The van der Waals surface area contributed by atoms with Gasteiger partial charge in [-0.25, -0.2) is 8.42 Å². The molecule has 1 unspecified atom stereocenters. The Hall–Kier alpha value is -3.07. The molecule has 0 saturated carbocycles. The first-order valence-electron chi connectivity index (χ1n) is 13.6. The number of halogens is 2. The summed E-state index contributed by atoms with van der Waals surface area (Å²) in [6.07, 6.45) is 2.55. The van der Waals surface area contributed by atoms with Gasteiger partial charge in [-0.3, -0.25) is 13.9 Å². The van der Waals surface area contributed by atoms with Gasteiger partial charge in [0.2, 0.25) is 21.8 Å². The molecule has 0 spiro atoms. The highest BCUT2D eigenvalue weighted by atomic mass is 35.5. The summed E-state index contributed by atoms with van der Waals surface area (Å²) in [5, 5.41) is 3.70. The smallest absolute Gasteiger partial charge is 0.243 e. The third kappa shape index (κ3) is 9.76. The summed E-state index contributed by atoms with van der Waals surface area (Å²) >= 11 is 12.4. The molecule has 41 heavy (non-hydrogen) atoms. The molecule has 0 aromatic heterocycles. The molecular weight excluding hydrogens is 581 g/mol. The second-order valence-corrected chi connectivity index (χ2v) is 12.8. The summed E-state index contributed by atoms with van der Waals surface area (Å²) in [5.41, 5.74) is 3.20. The number of nitrogens with one attached hydrogen (secondary N) is 1. The minimum Gasteiger partial charge on any atom is -0.354 e. The zero-order valence-electron chi connectivity index (χ0n) is 23.6. The van der Waals surface area contributed by atoms with Crippen LogP contribution in [-0.2, 0) is 32.6 Å². The summed E-state index contributed by atoms with van der Waals surface area (Å²) in [6.45, 7) is 4.64. The van der Waals surface area contributed by atoms with E-state index in [1.165, 1.54) is 4.31 Å². The fourth-order valence-electron chi connectivity index (χ4n) is 4.47. The van der Waals surface area contributed by atoms with Crippen molar-refractivity contribution in [3.8, 4) is 0 Å². The molecule has 0 aliphatic rings. The van der Waals surface area contributed by atoms with E-state index in [1.54, 1.807) is 35.2 Å². The molecule has 0 aliphatic carbocycles. The molecular formula is C31H37Cl2N3O4S. The minimum absolute atomic E-state index is 0.0472. The third-order valence-electron chi connectivity index (χ3n) is 6.63. The largest absolute Gasteiger partial charge is 0.354 e. The number of aryl methyl sites for hydroxylation is 1. The van der Waals surface area contributed by atoms with Gasteiger partial charge in [-0.05, 0) is 55.2 Å². The van der Waals surface area contributed by atoms with Crippen molar-refractivity contribution in [1.29, 1.82) is 0 Å². The van der Waals surface area contributed by atoms with Crippen LogP contribution < -0.4 is 9.62 Å². The lowest BCUT2D eigenvalue weighted by Crippen LogP contribution is -2.50. The van der Waals surface area contributed by atoms with Crippen molar-refractivity contribution >= 4 is 50.7 Å². The fourth-order valence-corrected chi connectivity index (χ4v) is 5.76. The van der Waals surface area contributed by atoms with E-state index in [9.17, 15) is 18.0 Å². The van der Waals surface area contributed by atoms with Crippen LogP contribution in [0.25, 0.3) is 0 Å². The molecule has 0 bridgehead atoms. The van der Waals surface area contributed by atoms with Gasteiger partial charge in [0.15, 0.2) is 0 Å². The van der Waals surface area contributed by atoms with E-state index in [0.29, 0.717) is 28.7 Å². The Kier molecular flexibility index (Phi) is 12.1. The molecule has 3 rings (SSSR count). The van der Waals surface area contributed by atoms with Crippen molar-refractivity contribution in [2.75, 3.05) is 23.7 Å². The van der Waals surface area contributed by atoms with E-state index in [4.69, 9.17) is 23.2 Å². The van der Waals surface area contributed by atoms with Crippen LogP contribution in [0.5, 0.6) is 0 Å². The quantitative estimate of drug-likeness (QED) is 0.240. The van der Waals surface area contributed by atoms with Crippen LogP contribution in [0.3, 0.4) is 0 Å². The van der Waals surface area contributed by atoms with Gasteiger partial charge < -0.3 is 10.2 Å². The van der Waals surface area contributed by atoms with Gasteiger partial charge in [-0.2, -0.15) is 0 Å². The van der Waals surface area contributed by atoms with Gasteiger partial charge in [0.05, 0.1) is 22.0 Å². The van der Waals surface area contributed by atoms with Crippen LogP contribution in [0.4, 0.5) is 5.69 Å². The molecule has 3 aromatic rings. The van der Waals surface area contributed by atoms with Crippen molar-refractivity contribution < 1.29 is 18.0 Å². The van der Waals surface area contributed by atoms with E-state index < -0.39 is 16.1 Å². The molecule has 7 nitrogen and oxygen atoms in total. The van der Waals surface area contributed by atoms with Gasteiger partial charge >= 0.3 is 0 Å². The molecule has 1 N–H and O–H groups in total. The Balaban J connectivity index is 1.88. The lowest BCUT2D eigenvalue weighted by molar-refractivity contribution is -0.141. The maximum Gasteiger partial charge on any atom is 0.243 e. The van der Waals surface area contributed by atoms with E-state index >= 15 is 0 Å². The summed E-state index contributed by atoms with van der Waals surface area (Å²) in [5.74, 6) is -0.512. The Morgan fingerprint density at radius 1 is 0.927 bits per heavy atom. The fraction of sp³-hybridized carbons (Fsp3) is 0.355. The standard InChI is InChI=1S/C31H37Cl2N3O4S/c1-4-18-34-31(38)29(21-24-9-6-5-7-10-24)35(22-25-14-17-27(32)28(33)20-25)30(37)11-8-19-36(41(3,39)40)26-15-12-23(2)13-16-26/h5-7,9-10,12-17,20,29H,4,8,11,18-19,21-22H2,1-3H3,(H,34,38). The first-order valence-corrected chi connectivity index (χ1v) is 16.2.